The van der Waals surface area contributed by atoms with Crippen LogP contribution in [0.25, 0.3) is 0 Å². The average molecular weight is 856 g/mol. The van der Waals surface area contributed by atoms with Crippen molar-refractivity contribution >= 4 is 5.91 Å². The van der Waals surface area contributed by atoms with Crippen LogP contribution in [-0.2, 0) is 4.79 Å². The summed E-state index contributed by atoms with van der Waals surface area (Å²) in [7, 11) is 0. The number of carbonyl (C=O) groups is 1. The van der Waals surface area contributed by atoms with E-state index in [-0.39, 0.29) is 6.61 Å². The van der Waals surface area contributed by atoms with Crippen LogP contribution in [0.4, 0.5) is 0 Å². The first-order chi connectivity index (χ1) is 30.1. The number of carbonyl (C=O) groups excluding carboxylic acids is 1. The van der Waals surface area contributed by atoms with Crippen LogP contribution in [0, 0.1) is 0 Å². The summed E-state index contributed by atoms with van der Waals surface area (Å²) in [5.41, 5.74) is 0. The van der Waals surface area contributed by atoms with Crippen molar-refractivity contribution in [2.45, 2.75) is 295 Å². The van der Waals surface area contributed by atoms with Crippen LogP contribution in [0.2, 0.25) is 0 Å². The number of hydrogen-bond donors (Lipinski definition) is 4. The summed E-state index contributed by atoms with van der Waals surface area (Å²) in [6.07, 6.45) is 67.5. The van der Waals surface area contributed by atoms with Crippen molar-refractivity contribution in [3.8, 4) is 0 Å². The maximum atomic E-state index is 12.5. The van der Waals surface area contributed by atoms with Gasteiger partial charge in [-0.25, -0.2) is 0 Å². The zero-order valence-corrected chi connectivity index (χ0v) is 40.8. The second-order valence-corrected chi connectivity index (χ2v) is 18.4. The van der Waals surface area contributed by atoms with Gasteiger partial charge in [0.25, 0.3) is 0 Å². The van der Waals surface area contributed by atoms with E-state index in [0.717, 1.165) is 44.9 Å². The van der Waals surface area contributed by atoms with E-state index in [0.29, 0.717) is 6.42 Å². The Morgan fingerprint density at radius 1 is 0.393 bits per heavy atom. The summed E-state index contributed by atoms with van der Waals surface area (Å²) < 4.78 is 0. The van der Waals surface area contributed by atoms with Gasteiger partial charge >= 0.3 is 0 Å². The monoisotopic (exact) mass is 856 g/mol. The molecule has 0 heterocycles. The zero-order chi connectivity index (χ0) is 44.4. The summed E-state index contributed by atoms with van der Waals surface area (Å²) >= 11 is 0. The number of hydrogen-bond acceptors (Lipinski definition) is 4. The van der Waals surface area contributed by atoms with Crippen molar-refractivity contribution in [2.24, 2.45) is 0 Å². The van der Waals surface area contributed by atoms with E-state index in [2.05, 4.69) is 55.6 Å². The summed E-state index contributed by atoms with van der Waals surface area (Å²) in [6.45, 7) is 4.19. The summed E-state index contributed by atoms with van der Waals surface area (Å²) in [4.78, 5) is 12.5. The smallest absolute Gasteiger partial charge is 0.249 e. The number of allylic oxidation sites excluding steroid dienone is 7. The number of aliphatic hydroxyl groups is 3. The second kappa shape index (κ2) is 50.9. The quantitative estimate of drug-likeness (QED) is 0.0362. The third-order valence-electron chi connectivity index (χ3n) is 12.4. The molecule has 5 heteroatoms. The van der Waals surface area contributed by atoms with Crippen molar-refractivity contribution in [3.05, 3.63) is 48.6 Å². The van der Waals surface area contributed by atoms with Gasteiger partial charge in [-0.3, -0.25) is 4.79 Å². The van der Waals surface area contributed by atoms with E-state index in [9.17, 15) is 20.1 Å². The SMILES string of the molecule is CCCCCCCCCCCCC/C=C/CC/C=C/CC/C=C/C(O)C(CO)NC(=O)C(O)CCCCCCCCCCCC/C=C\CCCCCCCCCCCCCC. The van der Waals surface area contributed by atoms with Crippen LogP contribution in [0.3, 0.4) is 0 Å². The molecule has 0 fully saturated rings. The molecule has 0 bridgehead atoms. The molecule has 358 valence electrons. The van der Waals surface area contributed by atoms with E-state index < -0.39 is 24.2 Å². The van der Waals surface area contributed by atoms with E-state index in [1.165, 1.54) is 212 Å². The van der Waals surface area contributed by atoms with E-state index in [1.807, 2.05) is 6.08 Å². The predicted molar refractivity (Wildman–Crippen MR) is 268 cm³/mol. The van der Waals surface area contributed by atoms with Gasteiger partial charge in [0.1, 0.15) is 6.10 Å². The standard InChI is InChI=1S/C56H105NO4/c1-3-5-7-9-11-13-15-17-19-21-23-25-26-27-28-29-31-33-35-37-39-41-43-45-47-49-51-55(60)56(61)57-53(52-58)54(59)50-48-46-44-42-40-38-36-34-32-30-24-22-20-18-16-14-12-10-8-6-4-2/h27-28,32,34,40,42,48,50,53-55,58-60H,3-26,29-31,33,35-39,41,43-47,49,51-52H2,1-2H3,(H,57,61)/b28-27-,34-32+,42-40+,50-48+. The first-order valence-corrected chi connectivity index (χ1v) is 27.0. The fourth-order valence-electron chi connectivity index (χ4n) is 8.15. The molecule has 0 aliphatic carbocycles. The summed E-state index contributed by atoms with van der Waals surface area (Å²) in [5, 5.41) is 33.3. The minimum absolute atomic E-state index is 0.382. The normalized spacial score (nSPS) is 13.7. The molecule has 0 saturated heterocycles. The highest BCUT2D eigenvalue weighted by Crippen LogP contribution is 2.16. The molecule has 1 amide bonds. The molecule has 0 spiro atoms. The lowest BCUT2D eigenvalue weighted by molar-refractivity contribution is -0.131. The van der Waals surface area contributed by atoms with Gasteiger partial charge in [-0.1, -0.05) is 255 Å². The molecular formula is C56H105NO4. The Morgan fingerprint density at radius 2 is 0.672 bits per heavy atom. The second-order valence-electron chi connectivity index (χ2n) is 18.4. The Morgan fingerprint density at radius 3 is 1.00 bits per heavy atom. The topological polar surface area (TPSA) is 89.8 Å². The highest BCUT2D eigenvalue weighted by molar-refractivity contribution is 5.80. The fraction of sp³-hybridized carbons (Fsp3) is 0.839. The molecule has 5 nitrogen and oxygen atoms in total. The fourth-order valence-corrected chi connectivity index (χ4v) is 8.15. The van der Waals surface area contributed by atoms with Gasteiger partial charge < -0.3 is 20.6 Å². The predicted octanol–water partition coefficient (Wildman–Crippen LogP) is 16.4. The van der Waals surface area contributed by atoms with E-state index in [4.69, 9.17) is 0 Å². The molecule has 0 rings (SSSR count). The van der Waals surface area contributed by atoms with Gasteiger partial charge in [0.2, 0.25) is 5.91 Å². The van der Waals surface area contributed by atoms with Crippen LogP contribution in [0.1, 0.15) is 277 Å². The van der Waals surface area contributed by atoms with E-state index >= 15 is 0 Å². The van der Waals surface area contributed by atoms with Crippen LogP contribution < -0.4 is 5.32 Å². The number of rotatable bonds is 49. The average Bonchev–Trinajstić information content (AvgIpc) is 3.26. The molecule has 0 aliphatic heterocycles. The lowest BCUT2D eigenvalue weighted by Gasteiger charge is -2.21. The van der Waals surface area contributed by atoms with Gasteiger partial charge in [-0.05, 0) is 70.6 Å². The van der Waals surface area contributed by atoms with Gasteiger partial charge in [0.15, 0.2) is 0 Å². The zero-order valence-electron chi connectivity index (χ0n) is 40.8. The van der Waals surface area contributed by atoms with Crippen LogP contribution in [0.15, 0.2) is 48.6 Å². The molecule has 0 aromatic heterocycles. The summed E-state index contributed by atoms with van der Waals surface area (Å²) in [5.74, 6) is -0.516. The Bertz CT molecular complexity index is 989. The molecule has 3 atom stereocenters. The van der Waals surface area contributed by atoms with Gasteiger partial charge in [0, 0.05) is 0 Å². The Labute approximate surface area is 380 Å². The van der Waals surface area contributed by atoms with Crippen molar-refractivity contribution in [3.63, 3.8) is 0 Å². The molecule has 0 saturated carbocycles. The molecule has 61 heavy (non-hydrogen) atoms. The Balaban J connectivity index is 3.65. The first-order valence-electron chi connectivity index (χ1n) is 27.0. The number of amides is 1. The molecule has 3 unspecified atom stereocenters. The minimum atomic E-state index is -1.11. The molecule has 0 radical (unpaired) electrons. The maximum absolute atomic E-state index is 12.5. The van der Waals surface area contributed by atoms with Crippen molar-refractivity contribution in [1.29, 1.82) is 0 Å². The highest BCUT2D eigenvalue weighted by Gasteiger charge is 2.22. The molecular weight excluding hydrogens is 751 g/mol. The lowest BCUT2D eigenvalue weighted by atomic mass is 10.0. The van der Waals surface area contributed by atoms with Gasteiger partial charge in [0.05, 0.1) is 18.8 Å². The minimum Gasteiger partial charge on any atom is -0.394 e. The number of unbranched alkanes of at least 4 members (excludes halogenated alkanes) is 35. The Hall–Kier alpha value is -1.69. The third kappa shape index (κ3) is 46.1. The van der Waals surface area contributed by atoms with Crippen LogP contribution in [0.5, 0.6) is 0 Å². The van der Waals surface area contributed by atoms with Crippen LogP contribution >= 0.6 is 0 Å². The Kier molecular flexibility index (Phi) is 49.5. The largest absolute Gasteiger partial charge is 0.394 e. The van der Waals surface area contributed by atoms with E-state index in [1.54, 1.807) is 6.08 Å². The molecule has 0 aromatic carbocycles. The lowest BCUT2D eigenvalue weighted by Crippen LogP contribution is -2.48. The van der Waals surface area contributed by atoms with Crippen molar-refractivity contribution in [2.75, 3.05) is 6.61 Å². The molecule has 0 aromatic rings. The van der Waals surface area contributed by atoms with Gasteiger partial charge in [-0.2, -0.15) is 0 Å². The number of nitrogens with one attached hydrogen (secondary N) is 1. The maximum Gasteiger partial charge on any atom is 0.249 e. The van der Waals surface area contributed by atoms with Crippen molar-refractivity contribution in [1.82, 2.24) is 5.32 Å². The molecule has 4 N–H and O–H groups in total. The van der Waals surface area contributed by atoms with Gasteiger partial charge in [-0.15, -0.1) is 0 Å². The van der Waals surface area contributed by atoms with Crippen molar-refractivity contribution < 1.29 is 20.1 Å². The number of aliphatic hydroxyl groups excluding tert-OH is 3. The molecule has 0 aliphatic rings. The third-order valence-corrected chi connectivity index (χ3v) is 12.4. The highest BCUT2D eigenvalue weighted by atomic mass is 16.3. The first kappa shape index (κ1) is 59.3. The van der Waals surface area contributed by atoms with Crippen LogP contribution in [-0.4, -0.2) is 46.1 Å². The summed E-state index contributed by atoms with van der Waals surface area (Å²) in [6, 6.07) is -0.823.